The van der Waals surface area contributed by atoms with Gasteiger partial charge in [-0.25, -0.2) is 9.18 Å². The number of benzene rings is 1. The van der Waals surface area contributed by atoms with Crippen LogP contribution in [-0.4, -0.2) is 11.1 Å². The average molecular weight is 261 g/mol. The van der Waals surface area contributed by atoms with E-state index in [1.165, 1.54) is 0 Å². The Bertz CT molecular complexity index is 517. The molecule has 0 saturated heterocycles. The summed E-state index contributed by atoms with van der Waals surface area (Å²) in [5.74, 6) is -1.50. The van der Waals surface area contributed by atoms with Crippen LogP contribution >= 0.6 is 0 Å². The van der Waals surface area contributed by atoms with Crippen molar-refractivity contribution in [1.29, 1.82) is 5.26 Å². The molecule has 0 fully saturated rings. The van der Waals surface area contributed by atoms with Crippen molar-refractivity contribution in [2.75, 3.05) is 0 Å². The van der Waals surface area contributed by atoms with E-state index in [0.717, 1.165) is 0 Å². The maximum Gasteiger partial charge on any atom is 0.416 e. The Kier molecular flexibility index (Phi) is 3.91. The lowest BCUT2D eigenvalue weighted by Gasteiger charge is -2.14. The fourth-order valence-corrected chi connectivity index (χ4v) is 1.49. The first kappa shape index (κ1) is 14.0. The maximum atomic E-state index is 12.6. The van der Waals surface area contributed by atoms with Gasteiger partial charge in [-0.1, -0.05) is 0 Å². The Morgan fingerprint density at radius 1 is 1.33 bits per heavy atom. The van der Waals surface area contributed by atoms with Crippen LogP contribution in [0.3, 0.4) is 0 Å². The molecule has 0 aliphatic carbocycles. The monoisotopic (exact) mass is 261 g/mol. The van der Waals surface area contributed by atoms with Gasteiger partial charge in [0.25, 0.3) is 0 Å². The summed E-state index contributed by atoms with van der Waals surface area (Å²) in [4.78, 5) is 10.8. The quantitative estimate of drug-likeness (QED) is 0.851. The van der Waals surface area contributed by atoms with E-state index in [1.54, 1.807) is 6.07 Å². The first-order valence-corrected chi connectivity index (χ1v) is 4.70. The number of halogens is 4. The zero-order chi connectivity index (χ0) is 13.9. The van der Waals surface area contributed by atoms with Crippen LogP contribution in [0.25, 0.3) is 0 Å². The Morgan fingerprint density at radius 2 is 1.94 bits per heavy atom. The fourth-order valence-electron chi connectivity index (χ4n) is 1.49. The molecule has 0 atom stereocenters. The van der Waals surface area contributed by atoms with Gasteiger partial charge in [0.15, 0.2) is 0 Å². The van der Waals surface area contributed by atoms with E-state index in [2.05, 4.69) is 0 Å². The minimum Gasteiger partial charge on any atom is -0.478 e. The molecule has 1 rings (SSSR count). The van der Waals surface area contributed by atoms with Crippen LogP contribution in [0, 0.1) is 11.3 Å². The molecule has 7 heteroatoms. The summed E-state index contributed by atoms with van der Waals surface area (Å²) in [7, 11) is 0. The predicted molar refractivity (Wildman–Crippen MR) is 52.5 cm³/mol. The second-order valence-corrected chi connectivity index (χ2v) is 3.44. The van der Waals surface area contributed by atoms with Crippen molar-refractivity contribution in [2.24, 2.45) is 0 Å². The lowest BCUT2D eigenvalue weighted by molar-refractivity contribution is -0.138. The largest absolute Gasteiger partial charge is 0.478 e. The van der Waals surface area contributed by atoms with E-state index in [9.17, 15) is 22.4 Å². The lowest BCUT2D eigenvalue weighted by Crippen LogP contribution is -2.13. The van der Waals surface area contributed by atoms with Gasteiger partial charge in [0.2, 0.25) is 0 Å². The zero-order valence-electron chi connectivity index (χ0n) is 8.88. The van der Waals surface area contributed by atoms with Gasteiger partial charge >= 0.3 is 12.1 Å². The molecule has 0 bridgehead atoms. The molecule has 1 aromatic rings. The van der Waals surface area contributed by atoms with Crippen molar-refractivity contribution < 1.29 is 27.5 Å². The number of carboxylic acid groups (broad SMARTS) is 1. The number of nitriles is 1. The molecule has 18 heavy (non-hydrogen) atoms. The molecule has 0 aliphatic heterocycles. The third-order valence-corrected chi connectivity index (χ3v) is 2.28. The highest BCUT2D eigenvalue weighted by molar-refractivity contribution is 5.90. The number of carboxylic acids is 1. The van der Waals surface area contributed by atoms with Gasteiger partial charge in [0.05, 0.1) is 23.6 Å². The summed E-state index contributed by atoms with van der Waals surface area (Å²) in [5, 5.41) is 17.2. The number of nitrogens with zero attached hydrogens (tertiary/aromatic N) is 1. The first-order valence-electron chi connectivity index (χ1n) is 4.70. The summed E-state index contributed by atoms with van der Waals surface area (Å²) >= 11 is 0. The minimum absolute atomic E-state index is 0.283. The SMILES string of the molecule is N#CCc1cc(C(F)(F)F)c(CF)cc1C(=O)O. The molecule has 0 heterocycles. The Balaban J connectivity index is 3.52. The van der Waals surface area contributed by atoms with Crippen molar-refractivity contribution in [3.05, 3.63) is 34.4 Å². The molecule has 0 aliphatic rings. The fraction of sp³-hybridized carbons (Fsp3) is 0.273. The van der Waals surface area contributed by atoms with Crippen LogP contribution in [-0.2, 0) is 19.3 Å². The van der Waals surface area contributed by atoms with E-state index >= 15 is 0 Å². The molecular formula is C11H7F4NO2. The van der Waals surface area contributed by atoms with Crippen LogP contribution in [0.4, 0.5) is 17.6 Å². The van der Waals surface area contributed by atoms with Crippen molar-refractivity contribution in [3.8, 4) is 6.07 Å². The molecule has 0 saturated carbocycles. The molecule has 96 valence electrons. The summed E-state index contributed by atoms with van der Waals surface area (Å²) in [6.07, 6.45) is -5.28. The predicted octanol–water partition coefficient (Wildman–Crippen LogP) is 2.94. The van der Waals surface area contributed by atoms with E-state index in [4.69, 9.17) is 10.4 Å². The highest BCUT2D eigenvalue weighted by atomic mass is 19.4. The number of rotatable bonds is 3. The summed E-state index contributed by atoms with van der Waals surface area (Å²) in [6.45, 7) is -1.43. The second-order valence-electron chi connectivity index (χ2n) is 3.44. The maximum absolute atomic E-state index is 12.6. The van der Waals surface area contributed by atoms with Crippen LogP contribution < -0.4 is 0 Å². The molecular weight excluding hydrogens is 254 g/mol. The van der Waals surface area contributed by atoms with Crippen LogP contribution in [0.15, 0.2) is 12.1 Å². The Morgan fingerprint density at radius 3 is 2.33 bits per heavy atom. The normalized spacial score (nSPS) is 11.1. The van der Waals surface area contributed by atoms with Gasteiger partial charge in [0.1, 0.15) is 6.67 Å². The summed E-state index contributed by atoms with van der Waals surface area (Å²) < 4.78 is 50.3. The van der Waals surface area contributed by atoms with Gasteiger partial charge in [0, 0.05) is 0 Å². The van der Waals surface area contributed by atoms with Gasteiger partial charge in [-0.05, 0) is 23.3 Å². The number of aromatic carboxylic acids is 1. The van der Waals surface area contributed by atoms with Crippen LogP contribution in [0.1, 0.15) is 27.0 Å². The van der Waals surface area contributed by atoms with E-state index in [1.807, 2.05) is 0 Å². The number of alkyl halides is 4. The van der Waals surface area contributed by atoms with Gasteiger partial charge in [-0.2, -0.15) is 18.4 Å². The van der Waals surface area contributed by atoms with E-state index in [-0.39, 0.29) is 5.56 Å². The molecule has 3 nitrogen and oxygen atoms in total. The van der Waals surface area contributed by atoms with Crippen molar-refractivity contribution >= 4 is 5.97 Å². The van der Waals surface area contributed by atoms with Crippen molar-refractivity contribution in [2.45, 2.75) is 19.3 Å². The van der Waals surface area contributed by atoms with Gasteiger partial charge < -0.3 is 5.11 Å². The number of hydrogen-bond donors (Lipinski definition) is 1. The van der Waals surface area contributed by atoms with Crippen LogP contribution in [0.2, 0.25) is 0 Å². The smallest absolute Gasteiger partial charge is 0.416 e. The summed E-state index contributed by atoms with van der Waals surface area (Å²) in [6, 6.07) is 2.71. The van der Waals surface area contributed by atoms with Crippen LogP contribution in [0.5, 0.6) is 0 Å². The van der Waals surface area contributed by atoms with E-state index < -0.39 is 41.9 Å². The van der Waals surface area contributed by atoms with E-state index in [0.29, 0.717) is 12.1 Å². The third kappa shape index (κ3) is 2.77. The van der Waals surface area contributed by atoms with Gasteiger partial charge in [-0.15, -0.1) is 0 Å². The standard InChI is InChI=1S/C11H7F4NO2/c12-5-7-3-8(10(17)18)6(1-2-16)4-9(7)11(13,14)15/h3-4H,1,5H2,(H,17,18). The molecule has 1 aromatic carbocycles. The minimum atomic E-state index is -4.79. The molecule has 0 unspecified atom stereocenters. The van der Waals surface area contributed by atoms with Crippen molar-refractivity contribution in [1.82, 2.24) is 0 Å². The van der Waals surface area contributed by atoms with Gasteiger partial charge in [-0.3, -0.25) is 0 Å². The molecule has 0 amide bonds. The third-order valence-electron chi connectivity index (χ3n) is 2.28. The first-order chi connectivity index (χ1) is 8.31. The highest BCUT2D eigenvalue weighted by Crippen LogP contribution is 2.34. The number of carbonyl (C=O) groups is 1. The molecule has 0 radical (unpaired) electrons. The lowest BCUT2D eigenvalue weighted by atomic mass is 9.97. The molecule has 0 spiro atoms. The summed E-state index contributed by atoms with van der Waals surface area (Å²) in [5.41, 5.74) is -2.77. The highest BCUT2D eigenvalue weighted by Gasteiger charge is 2.34. The van der Waals surface area contributed by atoms with Crippen molar-refractivity contribution in [3.63, 3.8) is 0 Å². The molecule has 0 aromatic heterocycles. The molecule has 1 N–H and O–H groups in total. The Hall–Kier alpha value is -2.10. The second kappa shape index (κ2) is 5.04. The Labute approximate surface area is 99.3 Å². The number of hydrogen-bond acceptors (Lipinski definition) is 2. The topological polar surface area (TPSA) is 61.1 Å². The average Bonchev–Trinajstić information content (AvgIpc) is 2.27. The zero-order valence-corrected chi connectivity index (χ0v) is 8.88.